The van der Waals surface area contributed by atoms with Crippen LogP contribution in [0, 0.1) is 18.8 Å². The number of nitrogens with zero attached hydrogens (tertiary/aromatic N) is 2. The third-order valence-electron chi connectivity index (χ3n) is 3.84. The average molecular weight is 221 g/mol. The molecular weight excluding hydrogens is 198 g/mol. The lowest BCUT2D eigenvalue weighted by Gasteiger charge is -2.29. The van der Waals surface area contributed by atoms with E-state index < -0.39 is 0 Å². The Labute approximate surface area is 98.3 Å². The molecule has 1 aliphatic rings. The Morgan fingerprint density at radius 3 is 2.88 bits per heavy atom. The van der Waals surface area contributed by atoms with Crippen LogP contribution in [0.15, 0.2) is 6.20 Å². The quantitative estimate of drug-likeness (QED) is 0.850. The van der Waals surface area contributed by atoms with Gasteiger partial charge in [-0.05, 0) is 25.2 Å². The van der Waals surface area contributed by atoms with Gasteiger partial charge in [-0.15, -0.1) is 0 Å². The highest BCUT2D eigenvalue weighted by molar-refractivity contribution is 5.27. The molecule has 1 saturated carbocycles. The second-order valence-corrected chi connectivity index (χ2v) is 5.13. The number of imidazole rings is 1. The van der Waals surface area contributed by atoms with E-state index in [1.807, 2.05) is 7.05 Å². The first-order valence-corrected chi connectivity index (χ1v) is 6.42. The van der Waals surface area contributed by atoms with Gasteiger partial charge in [0.25, 0.3) is 0 Å². The Morgan fingerprint density at radius 2 is 2.19 bits per heavy atom. The SMILES string of the molecule is CNc1nc(C)cn1CC1CCCCC1C. The third kappa shape index (κ3) is 2.39. The summed E-state index contributed by atoms with van der Waals surface area (Å²) >= 11 is 0. The summed E-state index contributed by atoms with van der Waals surface area (Å²) in [6, 6.07) is 0. The molecule has 0 radical (unpaired) electrons. The van der Waals surface area contributed by atoms with Gasteiger partial charge < -0.3 is 9.88 Å². The van der Waals surface area contributed by atoms with E-state index in [0.29, 0.717) is 0 Å². The van der Waals surface area contributed by atoms with Gasteiger partial charge in [0.2, 0.25) is 5.95 Å². The highest BCUT2D eigenvalue weighted by Crippen LogP contribution is 2.31. The molecule has 1 aliphatic carbocycles. The van der Waals surface area contributed by atoms with E-state index >= 15 is 0 Å². The van der Waals surface area contributed by atoms with E-state index in [4.69, 9.17) is 0 Å². The Hall–Kier alpha value is -0.990. The second kappa shape index (κ2) is 4.89. The minimum atomic E-state index is 0.828. The van der Waals surface area contributed by atoms with Crippen molar-refractivity contribution in [1.29, 1.82) is 0 Å². The molecule has 0 aliphatic heterocycles. The van der Waals surface area contributed by atoms with Crippen LogP contribution in [0.1, 0.15) is 38.3 Å². The van der Waals surface area contributed by atoms with Gasteiger partial charge in [-0.25, -0.2) is 4.98 Å². The Bertz CT molecular complexity index is 343. The van der Waals surface area contributed by atoms with Crippen LogP contribution in [0.4, 0.5) is 5.95 Å². The number of nitrogens with one attached hydrogen (secondary N) is 1. The molecule has 1 N–H and O–H groups in total. The van der Waals surface area contributed by atoms with Crippen molar-refractivity contribution < 1.29 is 0 Å². The van der Waals surface area contributed by atoms with E-state index in [2.05, 4.69) is 34.9 Å². The first kappa shape index (κ1) is 11.5. The summed E-state index contributed by atoms with van der Waals surface area (Å²) in [6.07, 6.45) is 7.75. The smallest absolute Gasteiger partial charge is 0.202 e. The molecule has 3 heteroatoms. The van der Waals surface area contributed by atoms with Gasteiger partial charge in [0.1, 0.15) is 0 Å². The second-order valence-electron chi connectivity index (χ2n) is 5.13. The van der Waals surface area contributed by atoms with Crippen LogP contribution in [-0.4, -0.2) is 16.6 Å². The van der Waals surface area contributed by atoms with Gasteiger partial charge in [-0.3, -0.25) is 0 Å². The number of aryl methyl sites for hydroxylation is 1. The van der Waals surface area contributed by atoms with Gasteiger partial charge >= 0.3 is 0 Å². The Morgan fingerprint density at radius 1 is 1.44 bits per heavy atom. The molecule has 1 aromatic rings. The fourth-order valence-electron chi connectivity index (χ4n) is 2.80. The predicted molar refractivity (Wildman–Crippen MR) is 67.6 cm³/mol. The zero-order valence-corrected chi connectivity index (χ0v) is 10.7. The number of aromatic nitrogens is 2. The van der Waals surface area contributed by atoms with E-state index in [1.54, 1.807) is 0 Å². The molecule has 1 heterocycles. The lowest BCUT2D eigenvalue weighted by molar-refractivity contribution is 0.229. The number of rotatable bonds is 3. The molecule has 3 nitrogen and oxygen atoms in total. The Balaban J connectivity index is 2.06. The fraction of sp³-hybridized carbons (Fsp3) is 0.769. The molecule has 0 spiro atoms. The molecular formula is C13H23N3. The van der Waals surface area contributed by atoms with Gasteiger partial charge in [-0.2, -0.15) is 0 Å². The summed E-state index contributed by atoms with van der Waals surface area (Å²) in [4.78, 5) is 4.47. The van der Waals surface area contributed by atoms with Gasteiger partial charge in [0.05, 0.1) is 5.69 Å². The van der Waals surface area contributed by atoms with Crippen LogP contribution in [-0.2, 0) is 6.54 Å². The van der Waals surface area contributed by atoms with Crippen LogP contribution in [0.2, 0.25) is 0 Å². The third-order valence-corrected chi connectivity index (χ3v) is 3.84. The van der Waals surface area contributed by atoms with E-state index in [9.17, 15) is 0 Å². The van der Waals surface area contributed by atoms with Gasteiger partial charge in [0, 0.05) is 19.8 Å². The summed E-state index contributed by atoms with van der Waals surface area (Å²) in [7, 11) is 1.95. The summed E-state index contributed by atoms with van der Waals surface area (Å²) in [5.74, 6) is 2.70. The minimum absolute atomic E-state index is 0.828. The summed E-state index contributed by atoms with van der Waals surface area (Å²) < 4.78 is 2.28. The van der Waals surface area contributed by atoms with Gasteiger partial charge in [0.15, 0.2) is 0 Å². The molecule has 0 bridgehead atoms. The van der Waals surface area contributed by atoms with Crippen LogP contribution < -0.4 is 5.32 Å². The number of hydrogen-bond donors (Lipinski definition) is 1. The topological polar surface area (TPSA) is 29.9 Å². The molecule has 16 heavy (non-hydrogen) atoms. The maximum atomic E-state index is 4.47. The first-order chi connectivity index (χ1) is 7.70. The molecule has 90 valence electrons. The highest BCUT2D eigenvalue weighted by atomic mass is 15.2. The van der Waals surface area contributed by atoms with Crippen molar-refractivity contribution in [2.24, 2.45) is 11.8 Å². The lowest BCUT2D eigenvalue weighted by Crippen LogP contribution is -2.22. The van der Waals surface area contributed by atoms with Crippen molar-refractivity contribution in [1.82, 2.24) is 9.55 Å². The number of hydrogen-bond acceptors (Lipinski definition) is 2. The summed E-state index contributed by atoms with van der Waals surface area (Å²) in [5, 5.41) is 3.17. The lowest BCUT2D eigenvalue weighted by atomic mass is 9.80. The van der Waals surface area contributed by atoms with Crippen molar-refractivity contribution >= 4 is 5.95 Å². The average Bonchev–Trinajstić information content (AvgIpc) is 2.62. The van der Waals surface area contributed by atoms with E-state index in [1.165, 1.54) is 25.7 Å². The molecule has 2 unspecified atom stereocenters. The van der Waals surface area contributed by atoms with Crippen molar-refractivity contribution in [3.63, 3.8) is 0 Å². The molecule has 0 aromatic carbocycles. The molecule has 0 saturated heterocycles. The van der Waals surface area contributed by atoms with Crippen molar-refractivity contribution in [2.45, 2.75) is 46.1 Å². The number of anilines is 1. The van der Waals surface area contributed by atoms with Crippen LogP contribution in [0.5, 0.6) is 0 Å². The monoisotopic (exact) mass is 221 g/mol. The molecule has 2 atom stereocenters. The van der Waals surface area contributed by atoms with Crippen LogP contribution in [0.25, 0.3) is 0 Å². The van der Waals surface area contributed by atoms with Crippen LogP contribution >= 0.6 is 0 Å². The summed E-state index contributed by atoms with van der Waals surface area (Å²) in [6.45, 7) is 5.58. The van der Waals surface area contributed by atoms with E-state index in [-0.39, 0.29) is 0 Å². The Kier molecular flexibility index (Phi) is 3.52. The normalized spacial score (nSPS) is 25.7. The maximum Gasteiger partial charge on any atom is 0.202 e. The standard InChI is InChI=1S/C13H23N3/c1-10-6-4-5-7-12(10)9-16-8-11(2)15-13(16)14-3/h8,10,12H,4-7,9H2,1-3H3,(H,14,15). The van der Waals surface area contributed by atoms with Crippen molar-refractivity contribution in [2.75, 3.05) is 12.4 Å². The fourth-order valence-corrected chi connectivity index (χ4v) is 2.80. The van der Waals surface area contributed by atoms with Gasteiger partial charge in [-0.1, -0.05) is 26.2 Å². The van der Waals surface area contributed by atoms with Crippen molar-refractivity contribution in [3.8, 4) is 0 Å². The zero-order chi connectivity index (χ0) is 11.5. The largest absolute Gasteiger partial charge is 0.359 e. The van der Waals surface area contributed by atoms with Crippen molar-refractivity contribution in [3.05, 3.63) is 11.9 Å². The maximum absolute atomic E-state index is 4.47. The minimum Gasteiger partial charge on any atom is -0.359 e. The highest BCUT2D eigenvalue weighted by Gasteiger charge is 2.22. The molecule has 1 fully saturated rings. The zero-order valence-electron chi connectivity index (χ0n) is 10.7. The van der Waals surface area contributed by atoms with E-state index in [0.717, 1.165) is 30.0 Å². The first-order valence-electron chi connectivity index (χ1n) is 6.42. The molecule has 2 rings (SSSR count). The molecule has 0 amide bonds. The summed E-state index contributed by atoms with van der Waals surface area (Å²) in [5.41, 5.74) is 1.10. The molecule has 1 aromatic heterocycles. The predicted octanol–water partition coefficient (Wildman–Crippen LogP) is 3.06. The van der Waals surface area contributed by atoms with Crippen LogP contribution in [0.3, 0.4) is 0 Å².